The Balaban J connectivity index is 1.87. The summed E-state index contributed by atoms with van der Waals surface area (Å²) < 4.78 is 12.5. The van der Waals surface area contributed by atoms with Gasteiger partial charge in [-0.15, -0.1) is 11.3 Å². The summed E-state index contributed by atoms with van der Waals surface area (Å²) in [6.45, 7) is 9.92. The van der Waals surface area contributed by atoms with E-state index < -0.39 is 5.60 Å². The zero-order valence-corrected chi connectivity index (χ0v) is 18.1. The van der Waals surface area contributed by atoms with Gasteiger partial charge < -0.3 is 19.7 Å². The Labute approximate surface area is 163 Å². The number of thiophene rings is 1. The van der Waals surface area contributed by atoms with Gasteiger partial charge in [0.05, 0.1) is 9.39 Å². The van der Waals surface area contributed by atoms with Gasteiger partial charge in [-0.3, -0.25) is 0 Å². The van der Waals surface area contributed by atoms with E-state index in [0.29, 0.717) is 13.1 Å². The largest absolute Gasteiger partial charge is 0.444 e. The predicted molar refractivity (Wildman–Crippen MR) is 105 cm³/mol. The molecule has 0 radical (unpaired) electrons. The van der Waals surface area contributed by atoms with E-state index in [4.69, 9.17) is 9.47 Å². The van der Waals surface area contributed by atoms with Crippen LogP contribution in [0.4, 0.5) is 4.79 Å². The van der Waals surface area contributed by atoms with Crippen LogP contribution in [0.3, 0.4) is 0 Å². The number of likely N-dealkylation sites (tertiary alicyclic amines) is 1. The summed E-state index contributed by atoms with van der Waals surface area (Å²) in [5.41, 5.74) is -0.694. The third-order valence-electron chi connectivity index (χ3n) is 4.51. The van der Waals surface area contributed by atoms with Gasteiger partial charge in [0.2, 0.25) is 0 Å². The number of amides is 1. The molecule has 1 aromatic heterocycles. The van der Waals surface area contributed by atoms with Crippen molar-refractivity contribution in [3.05, 3.63) is 20.8 Å². The Morgan fingerprint density at radius 1 is 1.40 bits per heavy atom. The number of ether oxygens (including phenoxy) is 2. The molecule has 1 atom stereocenters. The quantitative estimate of drug-likeness (QED) is 0.739. The molecule has 142 valence electrons. The molecular weight excluding hydrogens is 404 g/mol. The second-order valence-corrected chi connectivity index (χ2v) is 10.1. The van der Waals surface area contributed by atoms with Crippen LogP contribution in [0, 0.1) is 0 Å². The van der Waals surface area contributed by atoms with Crippen LogP contribution in [0.25, 0.3) is 0 Å². The molecule has 1 aromatic rings. The highest BCUT2D eigenvalue weighted by molar-refractivity contribution is 9.11. The minimum absolute atomic E-state index is 0.234. The van der Waals surface area contributed by atoms with E-state index in [2.05, 4.69) is 40.3 Å². The number of piperidine rings is 1. The number of carbonyl (C=O) groups excluding carboxylic acids is 1. The standard InChI is InChI=1S/C18H29BrN2O3S/c1-13(14-6-7-15(19)25-14)20-12-18(23-5)8-10-21(11-9-18)16(22)24-17(2,3)4/h6-7,13,20H,8-12H2,1-5H3. The minimum atomic E-state index is -0.459. The van der Waals surface area contributed by atoms with Crippen molar-refractivity contribution in [2.24, 2.45) is 0 Å². The van der Waals surface area contributed by atoms with E-state index >= 15 is 0 Å². The van der Waals surface area contributed by atoms with E-state index in [1.54, 1.807) is 23.3 Å². The molecule has 2 heterocycles. The van der Waals surface area contributed by atoms with E-state index in [9.17, 15) is 4.79 Å². The van der Waals surface area contributed by atoms with Gasteiger partial charge in [-0.25, -0.2) is 4.79 Å². The topological polar surface area (TPSA) is 50.8 Å². The van der Waals surface area contributed by atoms with E-state index in [1.165, 1.54) is 4.88 Å². The average molecular weight is 433 g/mol. The van der Waals surface area contributed by atoms with Crippen molar-refractivity contribution in [3.63, 3.8) is 0 Å². The monoisotopic (exact) mass is 432 g/mol. The van der Waals surface area contributed by atoms with Crippen LogP contribution in [0.15, 0.2) is 15.9 Å². The first kappa shape index (κ1) is 20.7. The van der Waals surface area contributed by atoms with Crippen LogP contribution in [-0.4, -0.2) is 48.9 Å². The summed E-state index contributed by atoms with van der Waals surface area (Å²) in [5.74, 6) is 0. The lowest BCUT2D eigenvalue weighted by molar-refractivity contribution is -0.0597. The maximum Gasteiger partial charge on any atom is 0.410 e. The predicted octanol–water partition coefficient (Wildman–Crippen LogP) is 4.58. The first-order chi connectivity index (χ1) is 11.6. The van der Waals surface area contributed by atoms with Gasteiger partial charge in [0.1, 0.15) is 5.60 Å². The van der Waals surface area contributed by atoms with Gasteiger partial charge in [0.15, 0.2) is 0 Å². The summed E-state index contributed by atoms with van der Waals surface area (Å²) >= 11 is 5.25. The highest BCUT2D eigenvalue weighted by Crippen LogP contribution is 2.30. The number of hydrogen-bond acceptors (Lipinski definition) is 5. The first-order valence-electron chi connectivity index (χ1n) is 8.66. The summed E-state index contributed by atoms with van der Waals surface area (Å²) in [4.78, 5) is 15.3. The Bertz CT molecular complexity index is 577. The summed E-state index contributed by atoms with van der Waals surface area (Å²) in [6.07, 6.45) is 1.37. The third kappa shape index (κ3) is 5.94. The lowest BCUT2D eigenvalue weighted by Crippen LogP contribution is -2.53. The molecule has 1 unspecified atom stereocenters. The molecular formula is C18H29BrN2O3S. The molecule has 5 nitrogen and oxygen atoms in total. The first-order valence-corrected chi connectivity index (χ1v) is 10.3. The molecule has 1 amide bonds. The summed E-state index contributed by atoms with van der Waals surface area (Å²) in [6, 6.07) is 4.48. The molecule has 1 fully saturated rings. The van der Waals surface area contributed by atoms with Crippen LogP contribution >= 0.6 is 27.3 Å². The molecule has 1 saturated heterocycles. The minimum Gasteiger partial charge on any atom is -0.444 e. The van der Waals surface area contributed by atoms with Crippen molar-refractivity contribution in [1.29, 1.82) is 0 Å². The van der Waals surface area contributed by atoms with Gasteiger partial charge in [0, 0.05) is 37.7 Å². The summed E-state index contributed by atoms with van der Waals surface area (Å²) in [7, 11) is 1.76. The molecule has 1 aliphatic rings. The Kier molecular flexibility index (Phi) is 6.93. The fourth-order valence-electron chi connectivity index (χ4n) is 2.88. The van der Waals surface area contributed by atoms with Crippen LogP contribution in [0.2, 0.25) is 0 Å². The van der Waals surface area contributed by atoms with Crippen molar-refractivity contribution >= 4 is 33.4 Å². The number of nitrogens with zero attached hydrogens (tertiary/aromatic N) is 1. The van der Waals surface area contributed by atoms with E-state index in [0.717, 1.165) is 23.2 Å². The molecule has 0 aromatic carbocycles. The van der Waals surface area contributed by atoms with Crippen molar-refractivity contribution in [2.75, 3.05) is 26.7 Å². The maximum absolute atomic E-state index is 12.2. The molecule has 1 aliphatic heterocycles. The molecule has 0 spiro atoms. The van der Waals surface area contributed by atoms with E-state index in [-0.39, 0.29) is 17.7 Å². The lowest BCUT2D eigenvalue weighted by atomic mass is 9.91. The molecule has 7 heteroatoms. The zero-order valence-electron chi connectivity index (χ0n) is 15.7. The summed E-state index contributed by atoms with van der Waals surface area (Å²) in [5, 5.41) is 3.59. The smallest absolute Gasteiger partial charge is 0.410 e. The zero-order chi connectivity index (χ0) is 18.7. The molecule has 1 N–H and O–H groups in total. The second-order valence-electron chi connectivity index (χ2n) is 7.60. The van der Waals surface area contributed by atoms with Crippen molar-refractivity contribution in [3.8, 4) is 0 Å². The normalized spacial score (nSPS) is 18.9. The fraction of sp³-hybridized carbons (Fsp3) is 0.722. The Morgan fingerprint density at radius 2 is 2.04 bits per heavy atom. The van der Waals surface area contributed by atoms with Crippen molar-refractivity contribution < 1.29 is 14.3 Å². The molecule has 0 bridgehead atoms. The van der Waals surface area contributed by atoms with Crippen molar-refractivity contribution in [2.45, 2.75) is 57.8 Å². The number of methoxy groups -OCH3 is 1. The van der Waals surface area contributed by atoms with Crippen LogP contribution in [0.5, 0.6) is 0 Å². The molecule has 0 saturated carbocycles. The SMILES string of the molecule is COC1(CNC(C)c2ccc(Br)s2)CCN(C(=O)OC(C)(C)C)CC1. The van der Waals surface area contributed by atoms with Crippen LogP contribution < -0.4 is 5.32 Å². The van der Waals surface area contributed by atoms with Crippen LogP contribution in [0.1, 0.15) is 51.5 Å². The van der Waals surface area contributed by atoms with Gasteiger partial charge in [-0.1, -0.05) is 0 Å². The van der Waals surface area contributed by atoms with Gasteiger partial charge in [-0.2, -0.15) is 0 Å². The number of carbonyl (C=O) groups is 1. The Hall–Kier alpha value is -0.630. The van der Waals surface area contributed by atoms with Gasteiger partial charge in [-0.05, 0) is 68.6 Å². The average Bonchev–Trinajstić information content (AvgIpc) is 2.98. The molecule has 2 rings (SSSR count). The highest BCUT2D eigenvalue weighted by Gasteiger charge is 2.37. The second kappa shape index (κ2) is 8.37. The van der Waals surface area contributed by atoms with Gasteiger partial charge in [0.25, 0.3) is 0 Å². The number of rotatable bonds is 5. The third-order valence-corrected chi connectivity index (χ3v) is 6.32. The van der Waals surface area contributed by atoms with Crippen LogP contribution in [-0.2, 0) is 9.47 Å². The van der Waals surface area contributed by atoms with Crippen molar-refractivity contribution in [1.82, 2.24) is 10.2 Å². The van der Waals surface area contributed by atoms with E-state index in [1.807, 2.05) is 20.8 Å². The highest BCUT2D eigenvalue weighted by atomic mass is 79.9. The Morgan fingerprint density at radius 3 is 2.52 bits per heavy atom. The maximum atomic E-state index is 12.2. The molecule has 0 aliphatic carbocycles. The van der Waals surface area contributed by atoms with Gasteiger partial charge >= 0.3 is 6.09 Å². The number of hydrogen-bond donors (Lipinski definition) is 1. The fourth-order valence-corrected chi connectivity index (χ4v) is 4.33. The lowest BCUT2D eigenvalue weighted by Gasteiger charge is -2.41. The number of halogens is 1. The number of nitrogens with one attached hydrogen (secondary N) is 1. The molecule has 25 heavy (non-hydrogen) atoms.